The Balaban J connectivity index is 2.23. The fourth-order valence-corrected chi connectivity index (χ4v) is 2.25. The molecule has 0 saturated carbocycles. The van der Waals surface area contributed by atoms with Gasteiger partial charge in [-0.25, -0.2) is 4.39 Å². The predicted octanol–water partition coefficient (Wildman–Crippen LogP) is 2.55. The first-order chi connectivity index (χ1) is 7.72. The fourth-order valence-electron chi connectivity index (χ4n) is 2.25. The molecule has 1 aromatic carbocycles. The lowest BCUT2D eigenvalue weighted by molar-refractivity contribution is 0.275. The average Bonchev–Trinajstić information content (AvgIpc) is 2.30. The molecule has 0 aliphatic carbocycles. The van der Waals surface area contributed by atoms with E-state index in [1.165, 1.54) is 6.07 Å². The second-order valence-electron chi connectivity index (χ2n) is 4.57. The third-order valence-corrected chi connectivity index (χ3v) is 3.38. The fraction of sp³-hybridized carbons (Fsp3) is 0.538. The van der Waals surface area contributed by atoms with E-state index < -0.39 is 0 Å². The number of benzene rings is 1. The summed E-state index contributed by atoms with van der Waals surface area (Å²) in [6.45, 7) is 3.93. The van der Waals surface area contributed by atoms with Crippen LogP contribution in [0.3, 0.4) is 0 Å². The van der Waals surface area contributed by atoms with Gasteiger partial charge in [0.15, 0.2) is 0 Å². The summed E-state index contributed by atoms with van der Waals surface area (Å²) in [6.07, 6.45) is 2.28. The molecule has 1 heterocycles. The first-order valence-electron chi connectivity index (χ1n) is 5.85. The molecule has 88 valence electrons. The van der Waals surface area contributed by atoms with Crippen molar-refractivity contribution in [3.8, 4) is 0 Å². The van der Waals surface area contributed by atoms with Crippen molar-refractivity contribution in [2.24, 2.45) is 5.92 Å². The highest BCUT2D eigenvalue weighted by Crippen LogP contribution is 2.27. The summed E-state index contributed by atoms with van der Waals surface area (Å²) in [4.78, 5) is 2.18. The van der Waals surface area contributed by atoms with Crippen molar-refractivity contribution in [2.45, 2.75) is 26.4 Å². The summed E-state index contributed by atoms with van der Waals surface area (Å²) in [6, 6.07) is 5.01. The second-order valence-corrected chi connectivity index (χ2v) is 4.57. The number of nitrogens with zero attached hydrogens (tertiary/aromatic N) is 1. The SMILES string of the molecule is CC1CCN(c2cccc(F)c2CO)CC1. The van der Waals surface area contributed by atoms with Crippen LogP contribution in [0.2, 0.25) is 0 Å². The van der Waals surface area contributed by atoms with Crippen molar-refractivity contribution >= 4 is 5.69 Å². The van der Waals surface area contributed by atoms with E-state index in [0.717, 1.165) is 37.5 Å². The zero-order valence-electron chi connectivity index (χ0n) is 9.62. The molecular formula is C13H18FNO. The highest BCUT2D eigenvalue weighted by Gasteiger charge is 2.19. The number of hydrogen-bond donors (Lipinski definition) is 1. The van der Waals surface area contributed by atoms with Gasteiger partial charge in [0.1, 0.15) is 5.82 Å². The maximum atomic E-state index is 13.5. The van der Waals surface area contributed by atoms with Crippen LogP contribution < -0.4 is 4.90 Å². The number of aliphatic hydroxyl groups excluding tert-OH is 1. The quantitative estimate of drug-likeness (QED) is 0.833. The standard InChI is InChI=1S/C13H18FNO/c1-10-5-7-15(8-6-10)13-4-2-3-12(14)11(13)9-16/h2-4,10,16H,5-9H2,1H3. The van der Waals surface area contributed by atoms with Crippen LogP contribution in [0.4, 0.5) is 10.1 Å². The molecule has 3 heteroatoms. The average molecular weight is 223 g/mol. The molecule has 0 unspecified atom stereocenters. The van der Waals surface area contributed by atoms with Gasteiger partial charge in [-0.3, -0.25) is 0 Å². The second kappa shape index (κ2) is 4.83. The number of hydrogen-bond acceptors (Lipinski definition) is 2. The van der Waals surface area contributed by atoms with Gasteiger partial charge in [-0.05, 0) is 30.9 Å². The molecule has 1 fully saturated rings. The molecule has 1 aliphatic heterocycles. The van der Waals surface area contributed by atoms with E-state index in [4.69, 9.17) is 0 Å². The molecule has 0 spiro atoms. The molecule has 0 amide bonds. The van der Waals surface area contributed by atoms with Gasteiger partial charge in [0.05, 0.1) is 6.61 Å². The maximum Gasteiger partial charge on any atom is 0.130 e. The summed E-state index contributed by atoms with van der Waals surface area (Å²) in [5, 5.41) is 9.22. The Kier molecular flexibility index (Phi) is 3.44. The zero-order valence-corrected chi connectivity index (χ0v) is 9.62. The predicted molar refractivity (Wildman–Crippen MR) is 62.9 cm³/mol. The molecule has 0 bridgehead atoms. The third-order valence-electron chi connectivity index (χ3n) is 3.38. The van der Waals surface area contributed by atoms with Crippen molar-refractivity contribution in [1.82, 2.24) is 0 Å². The van der Waals surface area contributed by atoms with Crippen molar-refractivity contribution in [3.05, 3.63) is 29.6 Å². The molecule has 0 aromatic heterocycles. The highest BCUT2D eigenvalue weighted by molar-refractivity contribution is 5.54. The van der Waals surface area contributed by atoms with Crippen LogP contribution in [-0.4, -0.2) is 18.2 Å². The highest BCUT2D eigenvalue weighted by atomic mass is 19.1. The van der Waals surface area contributed by atoms with Crippen LogP contribution in [0.5, 0.6) is 0 Å². The Bertz CT molecular complexity index is 359. The maximum absolute atomic E-state index is 13.5. The van der Waals surface area contributed by atoms with Gasteiger partial charge in [0.25, 0.3) is 0 Å². The van der Waals surface area contributed by atoms with E-state index in [0.29, 0.717) is 5.56 Å². The number of rotatable bonds is 2. The number of halogens is 1. The smallest absolute Gasteiger partial charge is 0.130 e. The number of aliphatic hydroxyl groups is 1. The number of anilines is 1. The molecule has 1 aliphatic rings. The Labute approximate surface area is 95.7 Å². The Morgan fingerprint density at radius 2 is 2.06 bits per heavy atom. The van der Waals surface area contributed by atoms with Gasteiger partial charge in [-0.2, -0.15) is 0 Å². The molecule has 2 nitrogen and oxygen atoms in total. The normalized spacial score (nSPS) is 17.8. The summed E-state index contributed by atoms with van der Waals surface area (Å²) < 4.78 is 13.5. The van der Waals surface area contributed by atoms with Gasteiger partial charge in [-0.15, -0.1) is 0 Å². The molecule has 0 radical (unpaired) electrons. The van der Waals surface area contributed by atoms with Crippen LogP contribution in [0.1, 0.15) is 25.3 Å². The number of piperidine rings is 1. The first kappa shape index (κ1) is 11.4. The lowest BCUT2D eigenvalue weighted by Gasteiger charge is -2.33. The zero-order chi connectivity index (χ0) is 11.5. The van der Waals surface area contributed by atoms with Gasteiger partial charge in [0, 0.05) is 24.3 Å². The van der Waals surface area contributed by atoms with Gasteiger partial charge in [0.2, 0.25) is 0 Å². The van der Waals surface area contributed by atoms with E-state index >= 15 is 0 Å². The minimum atomic E-state index is -0.307. The lowest BCUT2D eigenvalue weighted by Crippen LogP contribution is -2.33. The van der Waals surface area contributed by atoms with Crippen LogP contribution in [0.15, 0.2) is 18.2 Å². The topological polar surface area (TPSA) is 23.5 Å². The van der Waals surface area contributed by atoms with Gasteiger partial charge in [-0.1, -0.05) is 13.0 Å². The Morgan fingerprint density at radius 3 is 2.69 bits per heavy atom. The van der Waals surface area contributed by atoms with Crippen molar-refractivity contribution in [2.75, 3.05) is 18.0 Å². The van der Waals surface area contributed by atoms with E-state index in [2.05, 4.69) is 11.8 Å². The minimum Gasteiger partial charge on any atom is -0.391 e. The third kappa shape index (κ3) is 2.19. The van der Waals surface area contributed by atoms with Crippen molar-refractivity contribution in [1.29, 1.82) is 0 Å². The van der Waals surface area contributed by atoms with E-state index in [1.54, 1.807) is 6.07 Å². The Hall–Kier alpha value is -1.09. The summed E-state index contributed by atoms with van der Waals surface area (Å²) in [7, 11) is 0. The monoisotopic (exact) mass is 223 g/mol. The van der Waals surface area contributed by atoms with Crippen LogP contribution >= 0.6 is 0 Å². The molecule has 0 atom stereocenters. The van der Waals surface area contributed by atoms with Crippen molar-refractivity contribution < 1.29 is 9.50 Å². The largest absolute Gasteiger partial charge is 0.391 e. The summed E-state index contributed by atoms with van der Waals surface area (Å²) in [5.74, 6) is 0.445. The summed E-state index contributed by atoms with van der Waals surface area (Å²) in [5.41, 5.74) is 1.28. The molecule has 16 heavy (non-hydrogen) atoms. The van der Waals surface area contributed by atoms with E-state index in [-0.39, 0.29) is 12.4 Å². The van der Waals surface area contributed by atoms with Crippen LogP contribution in [0.25, 0.3) is 0 Å². The van der Waals surface area contributed by atoms with Crippen molar-refractivity contribution in [3.63, 3.8) is 0 Å². The molecule has 1 saturated heterocycles. The van der Waals surface area contributed by atoms with E-state index in [1.807, 2.05) is 6.07 Å². The lowest BCUT2D eigenvalue weighted by atomic mass is 9.98. The molecule has 1 aromatic rings. The van der Waals surface area contributed by atoms with E-state index in [9.17, 15) is 9.50 Å². The Morgan fingerprint density at radius 1 is 1.38 bits per heavy atom. The molecular weight excluding hydrogens is 205 g/mol. The summed E-state index contributed by atoms with van der Waals surface area (Å²) >= 11 is 0. The van der Waals surface area contributed by atoms with Gasteiger partial charge < -0.3 is 10.0 Å². The van der Waals surface area contributed by atoms with Crippen LogP contribution in [-0.2, 0) is 6.61 Å². The van der Waals surface area contributed by atoms with Gasteiger partial charge >= 0.3 is 0 Å². The van der Waals surface area contributed by atoms with Crippen LogP contribution in [0, 0.1) is 11.7 Å². The molecule has 2 rings (SSSR count). The molecule has 1 N–H and O–H groups in total. The minimum absolute atomic E-state index is 0.228. The first-order valence-corrected chi connectivity index (χ1v) is 5.85.